The number of aromatic nitrogens is 2. The molecule has 1 N–H and O–H groups in total. The summed E-state index contributed by atoms with van der Waals surface area (Å²) < 4.78 is 0. The zero-order chi connectivity index (χ0) is 14.1. The number of hydrogen-bond acceptors (Lipinski definition) is 2. The summed E-state index contributed by atoms with van der Waals surface area (Å²) in [4.78, 5) is 15.0. The van der Waals surface area contributed by atoms with Crippen molar-refractivity contribution < 1.29 is 4.79 Å². The van der Waals surface area contributed by atoms with Gasteiger partial charge in [0.05, 0.1) is 11.3 Å². The molecule has 2 heterocycles. The van der Waals surface area contributed by atoms with Crippen molar-refractivity contribution in [3.8, 4) is 0 Å². The van der Waals surface area contributed by atoms with Crippen LogP contribution in [0.25, 0.3) is 0 Å². The van der Waals surface area contributed by atoms with E-state index in [-0.39, 0.29) is 5.91 Å². The van der Waals surface area contributed by atoms with Gasteiger partial charge < -0.3 is 4.90 Å². The lowest BCUT2D eigenvalue weighted by atomic mass is 9.83. The van der Waals surface area contributed by atoms with Gasteiger partial charge in [-0.05, 0) is 45.4 Å². The number of aryl methyl sites for hydroxylation is 2. The summed E-state index contributed by atoms with van der Waals surface area (Å²) >= 11 is 0. The third-order valence-corrected chi connectivity index (χ3v) is 5.10. The molecule has 1 saturated carbocycles. The molecule has 20 heavy (non-hydrogen) atoms. The second-order valence-electron chi connectivity index (χ2n) is 6.42. The Morgan fingerprint density at radius 2 is 1.90 bits per heavy atom. The van der Waals surface area contributed by atoms with E-state index in [2.05, 4.69) is 15.1 Å². The highest BCUT2D eigenvalue weighted by Crippen LogP contribution is 2.35. The molecule has 0 radical (unpaired) electrons. The lowest BCUT2D eigenvalue weighted by molar-refractivity contribution is 0.0660. The van der Waals surface area contributed by atoms with Crippen molar-refractivity contribution >= 4 is 5.91 Å². The Labute approximate surface area is 120 Å². The molecule has 1 aromatic heterocycles. The van der Waals surface area contributed by atoms with Crippen LogP contribution in [0.3, 0.4) is 0 Å². The molecule has 0 aromatic carbocycles. The monoisotopic (exact) mass is 275 g/mol. The minimum atomic E-state index is 0.196. The van der Waals surface area contributed by atoms with E-state index in [4.69, 9.17) is 0 Å². The van der Waals surface area contributed by atoms with Crippen LogP contribution in [0.4, 0.5) is 0 Å². The highest BCUT2D eigenvalue weighted by atomic mass is 16.2. The molecule has 0 bridgehead atoms. The van der Waals surface area contributed by atoms with Crippen molar-refractivity contribution in [1.29, 1.82) is 0 Å². The van der Waals surface area contributed by atoms with Crippen LogP contribution in [0, 0.1) is 19.8 Å². The van der Waals surface area contributed by atoms with E-state index >= 15 is 0 Å². The Bertz CT molecular complexity index is 468. The number of nitrogens with zero attached hydrogens (tertiary/aromatic N) is 2. The van der Waals surface area contributed by atoms with Gasteiger partial charge >= 0.3 is 0 Å². The maximum absolute atomic E-state index is 12.9. The lowest BCUT2D eigenvalue weighted by Crippen LogP contribution is -2.41. The van der Waals surface area contributed by atoms with Crippen LogP contribution in [0.2, 0.25) is 0 Å². The molecule has 1 aliphatic heterocycles. The van der Waals surface area contributed by atoms with E-state index < -0.39 is 0 Å². The molecule has 2 aliphatic rings. The number of carbonyl (C=O) groups is 1. The maximum atomic E-state index is 12.9. The first-order valence-corrected chi connectivity index (χ1v) is 8.01. The number of amides is 1. The summed E-state index contributed by atoms with van der Waals surface area (Å²) in [6.45, 7) is 4.78. The van der Waals surface area contributed by atoms with Crippen LogP contribution in [-0.2, 0) is 0 Å². The van der Waals surface area contributed by atoms with E-state index in [9.17, 15) is 4.79 Å². The van der Waals surface area contributed by atoms with Crippen LogP contribution in [0.1, 0.15) is 66.7 Å². The SMILES string of the molecule is Cc1n[nH]c(C)c1C(=O)N1CCCC1C1CCCCC1. The van der Waals surface area contributed by atoms with Gasteiger partial charge in [0.15, 0.2) is 0 Å². The summed E-state index contributed by atoms with van der Waals surface area (Å²) in [6, 6.07) is 0.469. The number of rotatable bonds is 2. The minimum Gasteiger partial charge on any atom is -0.335 e. The minimum absolute atomic E-state index is 0.196. The molecule has 1 unspecified atom stereocenters. The number of H-pyrrole nitrogens is 1. The third kappa shape index (κ3) is 2.36. The second kappa shape index (κ2) is 5.58. The van der Waals surface area contributed by atoms with Crippen molar-refractivity contribution in [1.82, 2.24) is 15.1 Å². The molecule has 110 valence electrons. The summed E-state index contributed by atoms with van der Waals surface area (Å²) in [5.41, 5.74) is 2.54. The molecular formula is C16H25N3O. The molecular weight excluding hydrogens is 250 g/mol. The highest BCUT2D eigenvalue weighted by Gasteiger charge is 2.36. The largest absolute Gasteiger partial charge is 0.335 e. The maximum Gasteiger partial charge on any atom is 0.257 e. The molecule has 3 rings (SSSR count). The van der Waals surface area contributed by atoms with E-state index in [1.165, 1.54) is 38.5 Å². The summed E-state index contributed by atoms with van der Waals surface area (Å²) in [6.07, 6.45) is 9.00. The Balaban J connectivity index is 1.79. The Kier molecular flexibility index (Phi) is 3.81. The Morgan fingerprint density at radius 1 is 1.15 bits per heavy atom. The van der Waals surface area contributed by atoms with Crippen molar-refractivity contribution in [2.75, 3.05) is 6.54 Å². The Morgan fingerprint density at radius 3 is 2.55 bits per heavy atom. The first-order chi connectivity index (χ1) is 9.68. The van der Waals surface area contributed by atoms with Gasteiger partial charge in [-0.2, -0.15) is 5.10 Å². The standard InChI is InChI=1S/C16H25N3O/c1-11-15(12(2)18-17-11)16(20)19-10-6-9-14(19)13-7-4-3-5-8-13/h13-14H,3-10H2,1-2H3,(H,17,18). The van der Waals surface area contributed by atoms with Gasteiger partial charge in [0.2, 0.25) is 0 Å². The van der Waals surface area contributed by atoms with Crippen LogP contribution >= 0.6 is 0 Å². The van der Waals surface area contributed by atoms with E-state index in [0.29, 0.717) is 6.04 Å². The quantitative estimate of drug-likeness (QED) is 0.901. The molecule has 1 saturated heterocycles. The van der Waals surface area contributed by atoms with Crippen LogP contribution in [0.15, 0.2) is 0 Å². The zero-order valence-electron chi connectivity index (χ0n) is 12.6. The number of hydrogen-bond donors (Lipinski definition) is 1. The van der Waals surface area contributed by atoms with Gasteiger partial charge in [-0.3, -0.25) is 9.89 Å². The van der Waals surface area contributed by atoms with Gasteiger partial charge in [0, 0.05) is 18.3 Å². The fraction of sp³-hybridized carbons (Fsp3) is 0.750. The fourth-order valence-corrected chi connectivity index (χ4v) is 4.06. The number of nitrogens with one attached hydrogen (secondary N) is 1. The smallest absolute Gasteiger partial charge is 0.257 e. The predicted molar refractivity (Wildman–Crippen MR) is 78.7 cm³/mol. The zero-order valence-corrected chi connectivity index (χ0v) is 12.6. The highest BCUT2D eigenvalue weighted by molar-refractivity contribution is 5.96. The van der Waals surface area contributed by atoms with Crippen molar-refractivity contribution in [2.45, 2.75) is 64.8 Å². The van der Waals surface area contributed by atoms with Gasteiger partial charge in [-0.1, -0.05) is 19.3 Å². The molecule has 1 aromatic rings. The van der Waals surface area contributed by atoms with Crippen molar-refractivity contribution in [3.05, 3.63) is 17.0 Å². The summed E-state index contributed by atoms with van der Waals surface area (Å²) in [5, 5.41) is 7.11. The van der Waals surface area contributed by atoms with E-state index in [1.54, 1.807) is 0 Å². The van der Waals surface area contributed by atoms with Gasteiger partial charge in [0.1, 0.15) is 0 Å². The molecule has 1 amide bonds. The van der Waals surface area contributed by atoms with Crippen LogP contribution in [0.5, 0.6) is 0 Å². The van der Waals surface area contributed by atoms with Crippen molar-refractivity contribution in [2.24, 2.45) is 5.92 Å². The fourth-order valence-electron chi connectivity index (χ4n) is 4.06. The first kappa shape index (κ1) is 13.7. The first-order valence-electron chi connectivity index (χ1n) is 8.01. The third-order valence-electron chi connectivity index (χ3n) is 5.10. The van der Waals surface area contributed by atoms with Gasteiger partial charge in [-0.15, -0.1) is 0 Å². The number of aromatic amines is 1. The summed E-state index contributed by atoms with van der Waals surface area (Å²) in [7, 11) is 0. The molecule has 0 spiro atoms. The van der Waals surface area contributed by atoms with E-state index in [0.717, 1.165) is 35.8 Å². The molecule has 4 nitrogen and oxygen atoms in total. The Hall–Kier alpha value is -1.32. The molecule has 4 heteroatoms. The van der Waals surface area contributed by atoms with Crippen LogP contribution in [-0.4, -0.2) is 33.6 Å². The number of carbonyl (C=O) groups excluding carboxylic acids is 1. The molecule has 1 atom stereocenters. The molecule has 1 aliphatic carbocycles. The predicted octanol–water partition coefficient (Wildman–Crippen LogP) is 3.21. The topological polar surface area (TPSA) is 49.0 Å². The van der Waals surface area contributed by atoms with Crippen molar-refractivity contribution in [3.63, 3.8) is 0 Å². The van der Waals surface area contributed by atoms with Gasteiger partial charge in [0.25, 0.3) is 5.91 Å². The van der Waals surface area contributed by atoms with Gasteiger partial charge in [-0.25, -0.2) is 0 Å². The van der Waals surface area contributed by atoms with E-state index in [1.807, 2.05) is 13.8 Å². The average molecular weight is 275 g/mol. The normalized spacial score (nSPS) is 24.3. The van der Waals surface area contributed by atoms with Crippen LogP contribution < -0.4 is 0 Å². The summed E-state index contributed by atoms with van der Waals surface area (Å²) in [5.74, 6) is 0.921. The lowest BCUT2D eigenvalue weighted by Gasteiger charge is -2.34. The second-order valence-corrected chi connectivity index (χ2v) is 6.42. The number of likely N-dealkylation sites (tertiary alicyclic amines) is 1. The average Bonchev–Trinajstić information content (AvgIpc) is 3.07. The molecule has 2 fully saturated rings.